The number of carbonyl (C=O) groups excluding carboxylic acids is 3. The zero-order chi connectivity index (χ0) is 15.0. The van der Waals surface area contributed by atoms with E-state index in [4.69, 9.17) is 0 Å². The minimum Gasteiger partial charge on any atom is -0.373 e. The van der Waals surface area contributed by atoms with Crippen molar-refractivity contribution >= 4 is 29.1 Å². The van der Waals surface area contributed by atoms with Crippen LogP contribution in [0.1, 0.15) is 26.2 Å². The standard InChI is InChI=1S/C15H17N3O3/c1-9(19)16-10-2-4-11(5-3-10)17-13-8-14(20)18(15(13)21)12-6-7-12/h2-5,12-13,17H,6-8H2,1H3,(H,16,19). The van der Waals surface area contributed by atoms with Crippen molar-refractivity contribution in [3.05, 3.63) is 24.3 Å². The third kappa shape index (κ3) is 2.89. The monoisotopic (exact) mass is 287 g/mol. The third-order valence-corrected chi connectivity index (χ3v) is 3.64. The molecule has 1 aromatic carbocycles. The fourth-order valence-corrected chi connectivity index (χ4v) is 2.53. The molecule has 3 amide bonds. The molecule has 0 spiro atoms. The first-order chi connectivity index (χ1) is 10.0. The van der Waals surface area contributed by atoms with E-state index in [9.17, 15) is 14.4 Å². The van der Waals surface area contributed by atoms with Gasteiger partial charge in [0.15, 0.2) is 0 Å². The Bertz CT molecular complexity index is 593. The molecule has 2 N–H and O–H groups in total. The Labute approximate surface area is 122 Å². The number of hydrogen-bond acceptors (Lipinski definition) is 4. The van der Waals surface area contributed by atoms with E-state index < -0.39 is 6.04 Å². The molecule has 1 saturated carbocycles. The van der Waals surface area contributed by atoms with Gasteiger partial charge in [-0.3, -0.25) is 19.3 Å². The van der Waals surface area contributed by atoms with Crippen molar-refractivity contribution in [1.82, 2.24) is 4.90 Å². The Kier molecular flexibility index (Phi) is 3.37. The summed E-state index contributed by atoms with van der Waals surface area (Å²) < 4.78 is 0. The molecule has 0 radical (unpaired) electrons. The Morgan fingerprint density at radius 3 is 2.33 bits per heavy atom. The molecule has 0 bridgehead atoms. The Morgan fingerprint density at radius 1 is 1.14 bits per heavy atom. The van der Waals surface area contributed by atoms with E-state index in [0.717, 1.165) is 18.5 Å². The highest BCUT2D eigenvalue weighted by atomic mass is 16.2. The average molecular weight is 287 g/mol. The number of nitrogens with one attached hydrogen (secondary N) is 2. The molecule has 1 saturated heterocycles. The largest absolute Gasteiger partial charge is 0.373 e. The predicted molar refractivity (Wildman–Crippen MR) is 77.6 cm³/mol. The molecule has 6 heteroatoms. The third-order valence-electron chi connectivity index (χ3n) is 3.64. The molecule has 2 fully saturated rings. The summed E-state index contributed by atoms with van der Waals surface area (Å²) in [6.45, 7) is 1.45. The van der Waals surface area contributed by atoms with Crippen molar-refractivity contribution in [3.8, 4) is 0 Å². The molecule has 1 heterocycles. The van der Waals surface area contributed by atoms with E-state index in [1.807, 2.05) is 0 Å². The second-order valence-electron chi connectivity index (χ2n) is 5.49. The van der Waals surface area contributed by atoms with Gasteiger partial charge in [-0.1, -0.05) is 0 Å². The van der Waals surface area contributed by atoms with Gasteiger partial charge in [-0.15, -0.1) is 0 Å². The zero-order valence-corrected chi connectivity index (χ0v) is 11.8. The van der Waals surface area contributed by atoms with Crippen molar-refractivity contribution in [2.45, 2.75) is 38.3 Å². The Balaban J connectivity index is 1.65. The number of likely N-dealkylation sites (tertiary alicyclic amines) is 1. The molecule has 3 rings (SSSR count). The molecular formula is C15H17N3O3. The van der Waals surface area contributed by atoms with Crippen LogP contribution in [0.2, 0.25) is 0 Å². The number of anilines is 2. The number of nitrogens with zero attached hydrogens (tertiary/aromatic N) is 1. The van der Waals surface area contributed by atoms with E-state index >= 15 is 0 Å². The topological polar surface area (TPSA) is 78.5 Å². The summed E-state index contributed by atoms with van der Waals surface area (Å²) in [6.07, 6.45) is 2.06. The molecule has 6 nitrogen and oxygen atoms in total. The first kappa shape index (κ1) is 13.6. The Morgan fingerprint density at radius 2 is 1.76 bits per heavy atom. The minimum absolute atomic E-state index is 0.0881. The summed E-state index contributed by atoms with van der Waals surface area (Å²) >= 11 is 0. The van der Waals surface area contributed by atoms with Crippen LogP contribution in [0.15, 0.2) is 24.3 Å². The molecule has 1 atom stereocenters. The van der Waals surface area contributed by atoms with Crippen molar-refractivity contribution in [2.75, 3.05) is 10.6 Å². The number of carbonyl (C=O) groups is 3. The van der Waals surface area contributed by atoms with Crippen LogP contribution in [0.3, 0.4) is 0 Å². The van der Waals surface area contributed by atoms with Crippen LogP contribution < -0.4 is 10.6 Å². The molecule has 1 aromatic rings. The van der Waals surface area contributed by atoms with Crippen molar-refractivity contribution < 1.29 is 14.4 Å². The maximum atomic E-state index is 12.2. The van der Waals surface area contributed by atoms with E-state index in [0.29, 0.717) is 5.69 Å². The van der Waals surface area contributed by atoms with Gasteiger partial charge in [0.1, 0.15) is 6.04 Å². The second kappa shape index (κ2) is 5.20. The van der Waals surface area contributed by atoms with Crippen molar-refractivity contribution in [3.63, 3.8) is 0 Å². The lowest BCUT2D eigenvalue weighted by Crippen LogP contribution is -2.36. The van der Waals surface area contributed by atoms with Gasteiger partial charge in [-0.25, -0.2) is 0 Å². The van der Waals surface area contributed by atoms with Gasteiger partial charge in [0.05, 0.1) is 6.42 Å². The van der Waals surface area contributed by atoms with Gasteiger partial charge in [0.2, 0.25) is 11.8 Å². The van der Waals surface area contributed by atoms with Crippen LogP contribution in [0, 0.1) is 0 Å². The second-order valence-corrected chi connectivity index (χ2v) is 5.49. The fraction of sp³-hybridized carbons (Fsp3) is 0.400. The lowest BCUT2D eigenvalue weighted by atomic mass is 10.2. The Hall–Kier alpha value is -2.37. The van der Waals surface area contributed by atoms with Crippen LogP contribution in [0.5, 0.6) is 0 Å². The molecular weight excluding hydrogens is 270 g/mol. The number of amides is 3. The zero-order valence-electron chi connectivity index (χ0n) is 11.8. The van der Waals surface area contributed by atoms with Crippen LogP contribution >= 0.6 is 0 Å². The van der Waals surface area contributed by atoms with Gasteiger partial charge in [-0.2, -0.15) is 0 Å². The van der Waals surface area contributed by atoms with Crippen LogP contribution in [0.25, 0.3) is 0 Å². The first-order valence-corrected chi connectivity index (χ1v) is 7.04. The summed E-state index contributed by atoms with van der Waals surface area (Å²) in [5.74, 6) is -0.351. The molecule has 0 aromatic heterocycles. The van der Waals surface area contributed by atoms with Gasteiger partial charge in [-0.05, 0) is 37.1 Å². The first-order valence-electron chi connectivity index (χ1n) is 7.04. The number of imide groups is 1. The maximum Gasteiger partial charge on any atom is 0.252 e. The SMILES string of the molecule is CC(=O)Nc1ccc(NC2CC(=O)N(C3CC3)C2=O)cc1. The summed E-state index contributed by atoms with van der Waals surface area (Å²) in [4.78, 5) is 36.4. The summed E-state index contributed by atoms with van der Waals surface area (Å²) in [7, 11) is 0. The highest BCUT2D eigenvalue weighted by Gasteiger charge is 2.46. The lowest BCUT2D eigenvalue weighted by Gasteiger charge is -2.15. The number of benzene rings is 1. The smallest absolute Gasteiger partial charge is 0.252 e. The number of rotatable bonds is 4. The molecule has 110 valence electrons. The summed E-state index contributed by atoms with van der Waals surface area (Å²) in [5, 5.41) is 5.77. The summed E-state index contributed by atoms with van der Waals surface area (Å²) in [6, 6.07) is 6.71. The summed E-state index contributed by atoms with van der Waals surface area (Å²) in [5.41, 5.74) is 1.45. The normalized spacial score (nSPS) is 21.6. The highest BCUT2D eigenvalue weighted by molar-refractivity contribution is 6.07. The molecule has 1 aliphatic carbocycles. The number of hydrogen-bond donors (Lipinski definition) is 2. The van der Waals surface area contributed by atoms with Crippen molar-refractivity contribution in [1.29, 1.82) is 0 Å². The van der Waals surface area contributed by atoms with E-state index in [2.05, 4.69) is 10.6 Å². The van der Waals surface area contributed by atoms with Gasteiger partial charge in [0, 0.05) is 24.3 Å². The van der Waals surface area contributed by atoms with Crippen LogP contribution in [-0.4, -0.2) is 34.7 Å². The predicted octanol–water partition coefficient (Wildman–Crippen LogP) is 1.35. The molecule has 1 aliphatic heterocycles. The minimum atomic E-state index is -0.482. The van der Waals surface area contributed by atoms with Crippen LogP contribution in [0.4, 0.5) is 11.4 Å². The van der Waals surface area contributed by atoms with Crippen LogP contribution in [-0.2, 0) is 14.4 Å². The van der Waals surface area contributed by atoms with E-state index in [-0.39, 0.29) is 30.2 Å². The lowest BCUT2D eigenvalue weighted by molar-refractivity contribution is -0.139. The quantitative estimate of drug-likeness (QED) is 0.819. The molecule has 21 heavy (non-hydrogen) atoms. The fourth-order valence-electron chi connectivity index (χ4n) is 2.53. The molecule has 1 unspecified atom stereocenters. The van der Waals surface area contributed by atoms with Gasteiger partial charge >= 0.3 is 0 Å². The van der Waals surface area contributed by atoms with E-state index in [1.54, 1.807) is 24.3 Å². The van der Waals surface area contributed by atoms with Gasteiger partial charge in [0.25, 0.3) is 5.91 Å². The molecule has 2 aliphatic rings. The van der Waals surface area contributed by atoms with E-state index in [1.165, 1.54) is 11.8 Å². The average Bonchev–Trinajstić information content (AvgIpc) is 3.20. The van der Waals surface area contributed by atoms with Gasteiger partial charge < -0.3 is 10.6 Å². The highest BCUT2D eigenvalue weighted by Crippen LogP contribution is 2.32. The maximum absolute atomic E-state index is 12.2. The van der Waals surface area contributed by atoms with Crippen molar-refractivity contribution in [2.24, 2.45) is 0 Å².